The molecule has 0 radical (unpaired) electrons. The summed E-state index contributed by atoms with van der Waals surface area (Å²) in [5, 5.41) is 7.05. The van der Waals surface area contributed by atoms with Crippen LogP contribution in [0.5, 0.6) is 0 Å². The number of benzene rings is 1. The summed E-state index contributed by atoms with van der Waals surface area (Å²) < 4.78 is 0. The normalized spacial score (nSPS) is 10.9. The van der Waals surface area contributed by atoms with Crippen LogP contribution in [0.25, 0.3) is 9.75 Å². The summed E-state index contributed by atoms with van der Waals surface area (Å²) in [6, 6.07) is 14.1. The Morgan fingerprint density at radius 2 is 1.95 bits per heavy atom. The molecular weight excluding hydrogens is 274 g/mol. The van der Waals surface area contributed by atoms with Gasteiger partial charge in [-0.15, -0.1) is 11.3 Å². The first-order valence-corrected chi connectivity index (χ1v) is 7.45. The number of hydrazone groups is 1. The number of rotatable bonds is 4. The van der Waals surface area contributed by atoms with Crippen molar-refractivity contribution in [1.29, 1.82) is 0 Å². The molecular formula is C14H11N3S2. The monoisotopic (exact) mass is 285 g/mol. The van der Waals surface area contributed by atoms with Crippen LogP contribution in [0.2, 0.25) is 0 Å². The van der Waals surface area contributed by atoms with Gasteiger partial charge in [0.25, 0.3) is 0 Å². The fraction of sp³-hybridized carbons (Fsp3) is 0. The Balaban J connectivity index is 1.67. The van der Waals surface area contributed by atoms with E-state index in [0.717, 1.165) is 15.6 Å². The Morgan fingerprint density at radius 1 is 1.05 bits per heavy atom. The largest absolute Gasteiger partial charge is 0.253 e. The molecule has 0 amide bonds. The number of nitrogens with one attached hydrogen (secondary N) is 1. The molecule has 1 N–H and O–H groups in total. The summed E-state index contributed by atoms with van der Waals surface area (Å²) >= 11 is 3.31. The Morgan fingerprint density at radius 3 is 2.74 bits per heavy atom. The molecule has 5 heteroatoms. The van der Waals surface area contributed by atoms with E-state index in [0.29, 0.717) is 0 Å². The number of hydrogen-bond acceptors (Lipinski definition) is 5. The summed E-state index contributed by atoms with van der Waals surface area (Å²) in [7, 11) is 0. The molecule has 0 unspecified atom stereocenters. The van der Waals surface area contributed by atoms with E-state index in [1.54, 1.807) is 28.9 Å². The predicted octanol–water partition coefficient (Wildman–Crippen LogP) is 4.32. The van der Waals surface area contributed by atoms with Gasteiger partial charge in [-0.3, -0.25) is 5.43 Å². The highest BCUT2D eigenvalue weighted by atomic mass is 32.1. The van der Waals surface area contributed by atoms with Crippen molar-refractivity contribution in [1.82, 2.24) is 4.98 Å². The van der Waals surface area contributed by atoms with Crippen LogP contribution in [0.4, 0.5) is 5.13 Å². The summed E-state index contributed by atoms with van der Waals surface area (Å²) in [6.07, 6.45) is 3.66. The van der Waals surface area contributed by atoms with Gasteiger partial charge >= 0.3 is 0 Å². The molecule has 0 fully saturated rings. The predicted molar refractivity (Wildman–Crippen MR) is 83.1 cm³/mol. The van der Waals surface area contributed by atoms with E-state index < -0.39 is 0 Å². The second kappa shape index (κ2) is 5.77. The van der Waals surface area contributed by atoms with Crippen LogP contribution in [0.1, 0.15) is 5.56 Å². The van der Waals surface area contributed by atoms with E-state index in [-0.39, 0.29) is 0 Å². The molecule has 3 nitrogen and oxygen atoms in total. The molecule has 3 aromatic rings. The molecule has 2 heterocycles. The van der Waals surface area contributed by atoms with Crippen molar-refractivity contribution >= 4 is 34.0 Å². The van der Waals surface area contributed by atoms with Crippen LogP contribution in [-0.2, 0) is 0 Å². The standard InChI is InChI=1S/C14H11N3S2/c1-2-5-11(6-3-1)9-16-17-14-15-10-13(19-14)12-7-4-8-18-12/h1-10H,(H,15,17). The molecule has 0 spiro atoms. The fourth-order valence-corrected chi connectivity index (χ4v) is 3.14. The molecule has 1 aromatic carbocycles. The van der Waals surface area contributed by atoms with Gasteiger partial charge in [0.05, 0.1) is 11.1 Å². The fourth-order valence-electron chi connectivity index (χ4n) is 1.56. The first-order chi connectivity index (χ1) is 9.42. The topological polar surface area (TPSA) is 37.3 Å². The first kappa shape index (κ1) is 12.1. The zero-order valence-electron chi connectivity index (χ0n) is 9.98. The molecule has 0 bridgehead atoms. The maximum Gasteiger partial charge on any atom is 0.203 e. The van der Waals surface area contributed by atoms with Gasteiger partial charge in [0.15, 0.2) is 0 Å². The van der Waals surface area contributed by atoms with E-state index in [1.807, 2.05) is 42.6 Å². The van der Waals surface area contributed by atoms with Crippen LogP contribution < -0.4 is 5.43 Å². The van der Waals surface area contributed by atoms with Gasteiger partial charge in [-0.2, -0.15) is 5.10 Å². The SMILES string of the molecule is C(=NNc1ncc(-c2cccs2)s1)c1ccccc1. The number of thiazole rings is 1. The van der Waals surface area contributed by atoms with Crippen LogP contribution in [0.3, 0.4) is 0 Å². The van der Waals surface area contributed by atoms with Gasteiger partial charge in [0, 0.05) is 11.1 Å². The van der Waals surface area contributed by atoms with E-state index in [2.05, 4.69) is 27.0 Å². The first-order valence-electron chi connectivity index (χ1n) is 5.76. The lowest BCUT2D eigenvalue weighted by atomic mass is 10.2. The van der Waals surface area contributed by atoms with E-state index in [1.165, 1.54) is 4.88 Å². The van der Waals surface area contributed by atoms with Crippen molar-refractivity contribution in [3.63, 3.8) is 0 Å². The molecule has 3 rings (SSSR count). The molecule has 0 aliphatic carbocycles. The number of nitrogens with zero attached hydrogens (tertiary/aromatic N) is 2. The van der Waals surface area contributed by atoms with Crippen LogP contribution >= 0.6 is 22.7 Å². The summed E-state index contributed by atoms with van der Waals surface area (Å²) in [5.41, 5.74) is 4.02. The molecule has 19 heavy (non-hydrogen) atoms. The lowest BCUT2D eigenvalue weighted by Gasteiger charge is -1.93. The van der Waals surface area contributed by atoms with Crippen molar-refractivity contribution < 1.29 is 0 Å². The quantitative estimate of drug-likeness (QED) is 0.572. The number of anilines is 1. The average Bonchev–Trinajstić information content (AvgIpc) is 3.10. The highest BCUT2D eigenvalue weighted by Crippen LogP contribution is 2.31. The van der Waals surface area contributed by atoms with Crippen LogP contribution in [0, 0.1) is 0 Å². The van der Waals surface area contributed by atoms with Crippen molar-refractivity contribution in [2.45, 2.75) is 0 Å². The van der Waals surface area contributed by atoms with Gasteiger partial charge in [-0.05, 0) is 17.0 Å². The third-order valence-corrected chi connectivity index (χ3v) is 4.41. The summed E-state index contributed by atoms with van der Waals surface area (Å²) in [5.74, 6) is 0. The lowest BCUT2D eigenvalue weighted by molar-refractivity contribution is 1.29. The second-order valence-electron chi connectivity index (χ2n) is 3.79. The van der Waals surface area contributed by atoms with Crippen LogP contribution in [0.15, 0.2) is 59.1 Å². The van der Waals surface area contributed by atoms with E-state index >= 15 is 0 Å². The lowest BCUT2D eigenvalue weighted by Crippen LogP contribution is -1.88. The second-order valence-corrected chi connectivity index (χ2v) is 5.77. The Hall–Kier alpha value is -1.98. The molecule has 0 saturated heterocycles. The summed E-state index contributed by atoms with van der Waals surface area (Å²) in [4.78, 5) is 6.70. The van der Waals surface area contributed by atoms with Crippen molar-refractivity contribution in [2.24, 2.45) is 5.10 Å². The zero-order chi connectivity index (χ0) is 12.9. The van der Waals surface area contributed by atoms with Crippen LogP contribution in [-0.4, -0.2) is 11.2 Å². The van der Waals surface area contributed by atoms with Gasteiger partial charge < -0.3 is 0 Å². The van der Waals surface area contributed by atoms with Gasteiger partial charge in [-0.25, -0.2) is 4.98 Å². The molecule has 0 aliphatic heterocycles. The minimum Gasteiger partial charge on any atom is -0.253 e. The Bertz CT molecular complexity index is 657. The third-order valence-electron chi connectivity index (χ3n) is 2.44. The van der Waals surface area contributed by atoms with Crippen molar-refractivity contribution in [3.8, 4) is 9.75 Å². The smallest absolute Gasteiger partial charge is 0.203 e. The molecule has 0 atom stereocenters. The Labute approximate surface area is 119 Å². The number of thiophene rings is 1. The third kappa shape index (κ3) is 3.07. The van der Waals surface area contributed by atoms with Crippen molar-refractivity contribution in [2.75, 3.05) is 5.43 Å². The average molecular weight is 285 g/mol. The maximum atomic E-state index is 4.30. The highest BCUT2D eigenvalue weighted by molar-refractivity contribution is 7.23. The van der Waals surface area contributed by atoms with Crippen molar-refractivity contribution in [3.05, 3.63) is 59.6 Å². The van der Waals surface area contributed by atoms with Gasteiger partial charge in [0.2, 0.25) is 5.13 Å². The number of aromatic nitrogens is 1. The van der Waals surface area contributed by atoms with Gasteiger partial charge in [0.1, 0.15) is 0 Å². The molecule has 94 valence electrons. The minimum absolute atomic E-state index is 0.801. The summed E-state index contributed by atoms with van der Waals surface area (Å²) in [6.45, 7) is 0. The van der Waals surface area contributed by atoms with Gasteiger partial charge in [-0.1, -0.05) is 47.7 Å². The minimum atomic E-state index is 0.801. The van der Waals surface area contributed by atoms with E-state index in [9.17, 15) is 0 Å². The molecule has 0 saturated carbocycles. The molecule has 0 aliphatic rings. The maximum absolute atomic E-state index is 4.30. The Kier molecular flexibility index (Phi) is 3.67. The number of hydrogen-bond donors (Lipinski definition) is 1. The highest BCUT2D eigenvalue weighted by Gasteiger charge is 2.03. The van der Waals surface area contributed by atoms with E-state index in [4.69, 9.17) is 0 Å². The zero-order valence-corrected chi connectivity index (χ0v) is 11.6. The molecule has 2 aromatic heterocycles.